The first-order valence-corrected chi connectivity index (χ1v) is 11.4. The Morgan fingerprint density at radius 3 is 2.68 bits per heavy atom. The lowest BCUT2D eigenvalue weighted by Gasteiger charge is -2.26. The number of aromatic nitrogens is 1. The van der Waals surface area contributed by atoms with E-state index in [2.05, 4.69) is 4.99 Å². The normalized spacial score (nSPS) is 15.6. The van der Waals surface area contributed by atoms with Crippen LogP contribution in [-0.4, -0.2) is 31.4 Å². The minimum Gasteiger partial charge on any atom is -0.497 e. The number of benzene rings is 2. The molecule has 0 aliphatic carbocycles. The van der Waals surface area contributed by atoms with Crippen molar-refractivity contribution in [2.24, 2.45) is 4.99 Å². The smallest absolute Gasteiger partial charge is 0.338 e. The van der Waals surface area contributed by atoms with Crippen molar-refractivity contribution in [3.05, 3.63) is 90.4 Å². The Hall–Kier alpha value is -3.72. The van der Waals surface area contributed by atoms with Gasteiger partial charge in [-0.3, -0.25) is 9.36 Å². The number of carbonyl (C=O) groups is 1. The van der Waals surface area contributed by atoms with Crippen molar-refractivity contribution in [2.75, 3.05) is 20.8 Å². The van der Waals surface area contributed by atoms with E-state index in [9.17, 15) is 14.0 Å². The monoisotopic (exact) mass is 482 g/mol. The molecule has 0 amide bonds. The maximum atomic E-state index is 13.7. The number of nitrogens with zero attached hydrogens (tertiary/aromatic N) is 2. The van der Waals surface area contributed by atoms with E-state index in [0.29, 0.717) is 37.7 Å². The highest BCUT2D eigenvalue weighted by atomic mass is 32.1. The van der Waals surface area contributed by atoms with E-state index in [1.165, 1.54) is 30.9 Å². The van der Waals surface area contributed by atoms with Gasteiger partial charge in [-0.2, -0.15) is 0 Å². The average Bonchev–Trinajstić information content (AvgIpc) is 3.12. The van der Waals surface area contributed by atoms with Crippen LogP contribution in [0.25, 0.3) is 6.08 Å². The highest BCUT2D eigenvalue weighted by Gasteiger charge is 2.35. The van der Waals surface area contributed by atoms with Crippen LogP contribution < -0.4 is 24.4 Å². The summed E-state index contributed by atoms with van der Waals surface area (Å²) in [5, 5.41) is 0. The molecule has 34 heavy (non-hydrogen) atoms. The molecule has 1 aliphatic heterocycles. The molecule has 0 unspecified atom stereocenters. The summed E-state index contributed by atoms with van der Waals surface area (Å²) in [6.45, 7) is 3.58. The summed E-state index contributed by atoms with van der Waals surface area (Å²) in [5.74, 6) is 0.0385. The Labute approximate surface area is 199 Å². The second-order valence-electron chi connectivity index (χ2n) is 7.47. The largest absolute Gasteiger partial charge is 0.497 e. The van der Waals surface area contributed by atoms with E-state index in [-0.39, 0.29) is 17.7 Å². The predicted octanol–water partition coefficient (Wildman–Crippen LogP) is 2.95. The summed E-state index contributed by atoms with van der Waals surface area (Å²) in [4.78, 5) is 31.6. The van der Waals surface area contributed by atoms with Crippen LogP contribution in [-0.2, 0) is 9.53 Å². The van der Waals surface area contributed by atoms with Gasteiger partial charge < -0.3 is 14.2 Å². The van der Waals surface area contributed by atoms with Gasteiger partial charge in [-0.15, -0.1) is 0 Å². The number of carbonyl (C=O) groups excluding carboxylic acids is 1. The van der Waals surface area contributed by atoms with E-state index in [4.69, 9.17) is 14.2 Å². The zero-order valence-corrected chi connectivity index (χ0v) is 19.9. The van der Waals surface area contributed by atoms with Gasteiger partial charge in [-0.1, -0.05) is 23.5 Å². The number of methoxy groups -OCH3 is 2. The molecule has 0 saturated heterocycles. The SMILES string of the molecule is CCOC(=O)C1=C(C)N=c2s/c(=C\c3cccc(F)c3)c(=O)n2[C@@H]1c1cc(OC)ccc1OC. The Kier molecular flexibility index (Phi) is 6.65. The zero-order chi connectivity index (χ0) is 24.4. The standard InChI is InChI=1S/C25H23FN2O5S/c1-5-33-24(30)21-14(2)27-25-28(22(21)18-13-17(31-3)9-10-19(18)32-4)23(29)20(34-25)12-15-7-6-8-16(26)11-15/h6-13,22H,5H2,1-4H3/b20-12-/t22-/m1/s1. The Morgan fingerprint density at radius 1 is 1.21 bits per heavy atom. The second kappa shape index (κ2) is 9.64. The molecular formula is C25H23FN2O5S. The molecule has 3 aromatic rings. The molecule has 1 aromatic heterocycles. The third-order valence-electron chi connectivity index (χ3n) is 5.39. The Morgan fingerprint density at radius 2 is 2.00 bits per heavy atom. The van der Waals surface area contributed by atoms with Gasteiger partial charge in [0, 0.05) is 5.56 Å². The predicted molar refractivity (Wildman–Crippen MR) is 126 cm³/mol. The molecule has 176 valence electrons. The molecule has 1 aliphatic rings. The van der Waals surface area contributed by atoms with Crippen LogP contribution in [0.1, 0.15) is 31.0 Å². The highest BCUT2D eigenvalue weighted by molar-refractivity contribution is 7.07. The number of hydrogen-bond donors (Lipinski definition) is 0. The van der Waals surface area contributed by atoms with E-state index in [1.807, 2.05) is 0 Å². The molecule has 9 heteroatoms. The van der Waals surface area contributed by atoms with Gasteiger partial charge in [0.05, 0.1) is 36.6 Å². The summed E-state index contributed by atoms with van der Waals surface area (Å²) >= 11 is 1.16. The third kappa shape index (κ3) is 4.26. The number of esters is 1. The molecule has 2 aromatic carbocycles. The number of fused-ring (bicyclic) bond motifs is 1. The maximum absolute atomic E-state index is 13.7. The summed E-state index contributed by atoms with van der Waals surface area (Å²) in [7, 11) is 3.04. The molecule has 0 saturated carbocycles. The topological polar surface area (TPSA) is 79.1 Å². The lowest BCUT2D eigenvalue weighted by Crippen LogP contribution is -2.40. The van der Waals surface area contributed by atoms with Crippen molar-refractivity contribution in [2.45, 2.75) is 19.9 Å². The molecule has 4 rings (SSSR count). The molecular weight excluding hydrogens is 459 g/mol. The van der Waals surface area contributed by atoms with Gasteiger partial charge in [0.2, 0.25) is 0 Å². The molecule has 7 nitrogen and oxygen atoms in total. The number of hydrogen-bond acceptors (Lipinski definition) is 7. The Balaban J connectivity index is 2.02. The van der Waals surface area contributed by atoms with Crippen molar-refractivity contribution >= 4 is 23.4 Å². The van der Waals surface area contributed by atoms with Gasteiger partial charge in [0.15, 0.2) is 4.80 Å². The van der Waals surface area contributed by atoms with Crippen LogP contribution in [0.2, 0.25) is 0 Å². The lowest BCUT2D eigenvalue weighted by atomic mass is 9.94. The third-order valence-corrected chi connectivity index (χ3v) is 6.38. The first kappa shape index (κ1) is 23.4. The number of ether oxygens (including phenoxy) is 3. The van der Waals surface area contributed by atoms with Crippen molar-refractivity contribution in [3.8, 4) is 11.5 Å². The number of halogens is 1. The number of allylic oxidation sites excluding steroid dienone is 1. The first-order valence-electron chi connectivity index (χ1n) is 10.5. The molecule has 0 fully saturated rings. The molecule has 0 spiro atoms. The summed E-state index contributed by atoms with van der Waals surface area (Å²) in [5.41, 5.74) is 1.40. The number of rotatable bonds is 6. The van der Waals surface area contributed by atoms with Crippen LogP contribution >= 0.6 is 11.3 Å². The fourth-order valence-electron chi connectivity index (χ4n) is 3.89. The van der Waals surface area contributed by atoms with Gasteiger partial charge in [-0.05, 0) is 55.8 Å². The molecule has 1 atom stereocenters. The summed E-state index contributed by atoms with van der Waals surface area (Å²) in [6, 6.07) is 10.3. The first-order chi connectivity index (χ1) is 16.4. The van der Waals surface area contributed by atoms with Gasteiger partial charge >= 0.3 is 5.97 Å². The van der Waals surface area contributed by atoms with Crippen LogP contribution in [0.4, 0.5) is 4.39 Å². The lowest BCUT2D eigenvalue weighted by molar-refractivity contribution is -0.139. The molecule has 0 radical (unpaired) electrons. The Bertz CT molecular complexity index is 1470. The van der Waals surface area contributed by atoms with E-state index in [0.717, 1.165) is 11.3 Å². The van der Waals surface area contributed by atoms with Crippen molar-refractivity contribution < 1.29 is 23.4 Å². The zero-order valence-electron chi connectivity index (χ0n) is 19.1. The van der Waals surface area contributed by atoms with E-state index < -0.39 is 17.8 Å². The van der Waals surface area contributed by atoms with Gasteiger partial charge in [0.25, 0.3) is 5.56 Å². The summed E-state index contributed by atoms with van der Waals surface area (Å²) in [6.07, 6.45) is 1.61. The van der Waals surface area contributed by atoms with Crippen LogP contribution in [0.15, 0.2) is 63.5 Å². The van der Waals surface area contributed by atoms with E-state index in [1.54, 1.807) is 50.3 Å². The minimum atomic E-state index is -0.852. The molecule has 0 N–H and O–H groups in total. The van der Waals surface area contributed by atoms with E-state index >= 15 is 0 Å². The van der Waals surface area contributed by atoms with Crippen LogP contribution in [0.5, 0.6) is 11.5 Å². The van der Waals surface area contributed by atoms with Gasteiger partial charge in [0.1, 0.15) is 23.4 Å². The average molecular weight is 483 g/mol. The fraction of sp³-hybridized carbons (Fsp3) is 0.240. The highest BCUT2D eigenvalue weighted by Crippen LogP contribution is 2.37. The molecule has 0 bridgehead atoms. The van der Waals surface area contributed by atoms with Crippen LogP contribution in [0.3, 0.4) is 0 Å². The van der Waals surface area contributed by atoms with Crippen molar-refractivity contribution in [1.82, 2.24) is 4.57 Å². The molecule has 2 heterocycles. The maximum Gasteiger partial charge on any atom is 0.338 e. The summed E-state index contributed by atoms with van der Waals surface area (Å²) < 4.78 is 31.8. The minimum absolute atomic E-state index is 0.168. The van der Waals surface area contributed by atoms with Gasteiger partial charge in [-0.25, -0.2) is 14.2 Å². The second-order valence-corrected chi connectivity index (χ2v) is 8.47. The van der Waals surface area contributed by atoms with Crippen LogP contribution in [0, 0.1) is 5.82 Å². The fourth-order valence-corrected chi connectivity index (χ4v) is 4.93. The van der Waals surface area contributed by atoms with Crippen molar-refractivity contribution in [3.63, 3.8) is 0 Å². The van der Waals surface area contributed by atoms with Crippen molar-refractivity contribution in [1.29, 1.82) is 0 Å². The quantitative estimate of drug-likeness (QED) is 0.505. The number of thiazole rings is 1.